The molecule has 114 valence electrons. The van der Waals surface area contributed by atoms with Gasteiger partial charge in [0.1, 0.15) is 5.82 Å². The van der Waals surface area contributed by atoms with Crippen LogP contribution in [0.4, 0.5) is 4.39 Å². The third-order valence-corrected chi connectivity index (χ3v) is 4.38. The second-order valence-electron chi connectivity index (χ2n) is 5.70. The van der Waals surface area contributed by atoms with Gasteiger partial charge in [-0.3, -0.25) is 4.79 Å². The Morgan fingerprint density at radius 1 is 1.18 bits per heavy atom. The maximum Gasteiger partial charge on any atom is 0.254 e. The minimum absolute atomic E-state index is 0.0115. The molecule has 4 heteroatoms. The highest BCUT2D eigenvalue weighted by Gasteiger charge is 2.17. The van der Waals surface area contributed by atoms with Gasteiger partial charge in [-0.1, -0.05) is 29.8 Å². The summed E-state index contributed by atoms with van der Waals surface area (Å²) in [5.41, 5.74) is 3.81. The largest absolute Gasteiger partial charge is 0.345 e. The van der Waals surface area contributed by atoms with Crippen LogP contribution in [-0.2, 0) is 12.8 Å². The first kappa shape index (κ1) is 15.0. The second-order valence-corrected chi connectivity index (χ2v) is 6.14. The van der Waals surface area contributed by atoms with Crippen LogP contribution in [0, 0.1) is 5.82 Å². The molecular weight excluding hydrogens is 301 g/mol. The van der Waals surface area contributed by atoms with Crippen LogP contribution in [0.2, 0.25) is 5.02 Å². The summed E-state index contributed by atoms with van der Waals surface area (Å²) in [6.07, 6.45) is 3.41. The van der Waals surface area contributed by atoms with Gasteiger partial charge in [0, 0.05) is 5.02 Å². The Morgan fingerprint density at radius 2 is 1.95 bits per heavy atom. The number of rotatable bonds is 3. The lowest BCUT2D eigenvalue weighted by Crippen LogP contribution is -2.27. The summed E-state index contributed by atoms with van der Waals surface area (Å²) in [5.74, 6) is -1.03. The normalized spacial score (nSPS) is 14.5. The number of nitrogens with one attached hydrogen (secondary N) is 1. The summed E-state index contributed by atoms with van der Waals surface area (Å²) < 4.78 is 13.8. The zero-order valence-electron chi connectivity index (χ0n) is 12.3. The number of amides is 1. The van der Waals surface area contributed by atoms with Crippen LogP contribution < -0.4 is 5.32 Å². The lowest BCUT2D eigenvalue weighted by Gasteiger charge is -2.16. The zero-order chi connectivity index (χ0) is 15.7. The average molecular weight is 318 g/mol. The number of hydrogen-bond acceptors (Lipinski definition) is 1. The van der Waals surface area contributed by atoms with Gasteiger partial charge in [0.25, 0.3) is 5.91 Å². The number of aryl methyl sites for hydroxylation is 2. The number of carbonyl (C=O) groups is 1. The molecule has 1 N–H and O–H groups in total. The average Bonchev–Trinajstić information content (AvgIpc) is 2.94. The van der Waals surface area contributed by atoms with Crippen LogP contribution in [-0.4, -0.2) is 5.91 Å². The molecule has 1 aliphatic carbocycles. The van der Waals surface area contributed by atoms with E-state index in [9.17, 15) is 9.18 Å². The van der Waals surface area contributed by atoms with Gasteiger partial charge in [-0.25, -0.2) is 4.39 Å². The molecule has 2 nitrogen and oxygen atoms in total. The Balaban J connectivity index is 1.76. The van der Waals surface area contributed by atoms with Gasteiger partial charge in [-0.2, -0.15) is 0 Å². The van der Waals surface area contributed by atoms with E-state index in [1.54, 1.807) is 0 Å². The molecule has 1 unspecified atom stereocenters. The maximum absolute atomic E-state index is 13.8. The molecule has 0 bridgehead atoms. The lowest BCUT2D eigenvalue weighted by molar-refractivity contribution is 0.0936. The van der Waals surface area contributed by atoms with Crippen LogP contribution >= 0.6 is 11.6 Å². The first-order valence-corrected chi connectivity index (χ1v) is 7.80. The smallest absolute Gasteiger partial charge is 0.254 e. The molecule has 0 heterocycles. The van der Waals surface area contributed by atoms with E-state index in [2.05, 4.69) is 17.4 Å². The highest BCUT2D eigenvalue weighted by Crippen LogP contribution is 2.25. The van der Waals surface area contributed by atoms with Crippen LogP contribution in [0.15, 0.2) is 36.4 Å². The molecule has 3 rings (SSSR count). The van der Waals surface area contributed by atoms with Gasteiger partial charge in [-0.15, -0.1) is 0 Å². The molecule has 0 aliphatic heterocycles. The number of benzene rings is 2. The van der Waals surface area contributed by atoms with E-state index >= 15 is 0 Å². The predicted octanol–water partition coefficient (Wildman–Crippen LogP) is 4.46. The SMILES string of the molecule is CC(NC(=O)c1ccc(Cl)cc1F)c1ccc2c(c1)CCC2. The predicted molar refractivity (Wildman–Crippen MR) is 85.8 cm³/mol. The molecule has 1 atom stereocenters. The molecule has 2 aromatic rings. The molecule has 2 aromatic carbocycles. The number of hydrogen-bond donors (Lipinski definition) is 1. The summed E-state index contributed by atoms with van der Waals surface area (Å²) in [6.45, 7) is 1.91. The van der Waals surface area contributed by atoms with E-state index in [4.69, 9.17) is 11.6 Å². The van der Waals surface area contributed by atoms with Gasteiger partial charge < -0.3 is 5.32 Å². The summed E-state index contributed by atoms with van der Waals surface area (Å²) >= 11 is 5.71. The summed E-state index contributed by atoms with van der Waals surface area (Å²) in [7, 11) is 0. The quantitative estimate of drug-likeness (QED) is 0.889. The Bertz CT molecular complexity index is 729. The van der Waals surface area contributed by atoms with Gasteiger partial charge in [0.15, 0.2) is 0 Å². The van der Waals surface area contributed by atoms with Crippen molar-refractivity contribution in [1.82, 2.24) is 5.32 Å². The summed E-state index contributed by atoms with van der Waals surface area (Å²) in [5, 5.41) is 3.12. The highest BCUT2D eigenvalue weighted by molar-refractivity contribution is 6.30. The van der Waals surface area contributed by atoms with Crippen LogP contribution in [0.5, 0.6) is 0 Å². The molecule has 0 spiro atoms. The summed E-state index contributed by atoms with van der Waals surface area (Å²) in [4.78, 5) is 12.2. The maximum atomic E-state index is 13.8. The van der Waals surface area contributed by atoms with E-state index in [1.165, 1.54) is 29.7 Å². The van der Waals surface area contributed by atoms with Crippen LogP contribution in [0.3, 0.4) is 0 Å². The van der Waals surface area contributed by atoms with Crippen molar-refractivity contribution in [3.8, 4) is 0 Å². The Kier molecular flexibility index (Phi) is 4.16. The van der Waals surface area contributed by atoms with Gasteiger partial charge >= 0.3 is 0 Å². The van der Waals surface area contributed by atoms with Gasteiger partial charge in [0.2, 0.25) is 0 Å². The summed E-state index contributed by atoms with van der Waals surface area (Å²) in [6, 6.07) is 10.2. The van der Waals surface area contributed by atoms with Crippen molar-refractivity contribution in [2.24, 2.45) is 0 Å². The van der Waals surface area contributed by atoms with Crippen molar-refractivity contribution in [3.05, 3.63) is 69.5 Å². The topological polar surface area (TPSA) is 29.1 Å². The highest BCUT2D eigenvalue weighted by atomic mass is 35.5. The molecule has 0 fully saturated rings. The number of fused-ring (bicyclic) bond motifs is 1. The fourth-order valence-electron chi connectivity index (χ4n) is 2.89. The van der Waals surface area contributed by atoms with Crippen molar-refractivity contribution < 1.29 is 9.18 Å². The van der Waals surface area contributed by atoms with Gasteiger partial charge in [0.05, 0.1) is 11.6 Å². The van der Waals surface area contributed by atoms with Crippen molar-refractivity contribution in [3.63, 3.8) is 0 Å². The van der Waals surface area contributed by atoms with Crippen molar-refractivity contribution in [2.75, 3.05) is 0 Å². The second kappa shape index (κ2) is 6.09. The molecule has 0 saturated heterocycles. The third-order valence-electron chi connectivity index (χ3n) is 4.15. The fourth-order valence-corrected chi connectivity index (χ4v) is 3.05. The number of halogens is 2. The van der Waals surface area contributed by atoms with Gasteiger partial charge in [-0.05, 0) is 61.1 Å². The lowest BCUT2D eigenvalue weighted by atomic mass is 10.0. The monoisotopic (exact) mass is 317 g/mol. The first-order valence-electron chi connectivity index (χ1n) is 7.42. The third kappa shape index (κ3) is 3.00. The minimum Gasteiger partial charge on any atom is -0.345 e. The molecule has 0 radical (unpaired) electrons. The molecular formula is C18H17ClFNO. The van der Waals surface area contributed by atoms with E-state index in [-0.39, 0.29) is 16.6 Å². The molecule has 1 amide bonds. The van der Waals surface area contributed by atoms with E-state index < -0.39 is 11.7 Å². The molecule has 22 heavy (non-hydrogen) atoms. The fraction of sp³-hybridized carbons (Fsp3) is 0.278. The molecule has 1 aliphatic rings. The minimum atomic E-state index is -0.605. The molecule has 0 saturated carbocycles. The van der Waals surface area contributed by atoms with E-state index in [0.29, 0.717) is 0 Å². The van der Waals surface area contributed by atoms with Crippen molar-refractivity contribution in [2.45, 2.75) is 32.2 Å². The standard InChI is InChI=1S/C18H17ClFNO/c1-11(13-6-5-12-3-2-4-14(12)9-13)21-18(22)16-8-7-15(19)10-17(16)20/h5-11H,2-4H2,1H3,(H,21,22). The van der Waals surface area contributed by atoms with Crippen LogP contribution in [0.1, 0.15) is 46.4 Å². The Morgan fingerprint density at radius 3 is 2.73 bits per heavy atom. The first-order chi connectivity index (χ1) is 10.5. The van der Waals surface area contributed by atoms with Crippen molar-refractivity contribution >= 4 is 17.5 Å². The Labute approximate surface area is 134 Å². The van der Waals surface area contributed by atoms with Crippen molar-refractivity contribution in [1.29, 1.82) is 0 Å². The number of carbonyl (C=O) groups excluding carboxylic acids is 1. The Hall–Kier alpha value is -1.87. The van der Waals surface area contributed by atoms with E-state index in [1.807, 2.05) is 13.0 Å². The zero-order valence-corrected chi connectivity index (χ0v) is 13.1. The van der Waals surface area contributed by atoms with E-state index in [0.717, 1.165) is 24.5 Å². The molecule has 0 aromatic heterocycles. The van der Waals surface area contributed by atoms with Crippen LogP contribution in [0.25, 0.3) is 0 Å².